The number of nitrogens with two attached hydrogens (primary N) is 1. The van der Waals surface area contributed by atoms with Gasteiger partial charge in [0.1, 0.15) is 5.52 Å². The van der Waals surface area contributed by atoms with Crippen LogP contribution in [0.25, 0.3) is 16.6 Å². The Morgan fingerprint density at radius 3 is 2.31 bits per heavy atom. The van der Waals surface area contributed by atoms with Crippen molar-refractivity contribution in [1.82, 2.24) is 14.8 Å². The van der Waals surface area contributed by atoms with Gasteiger partial charge in [0.15, 0.2) is 5.82 Å². The monoisotopic (exact) mass is 344 g/mol. The molecule has 0 saturated carbocycles. The SMILES string of the molecule is Nc1nnn2cccc(-c3ccc(NC(=O)Nc4ccccc4)cc3)c12. The van der Waals surface area contributed by atoms with Crippen molar-refractivity contribution >= 4 is 28.7 Å². The summed E-state index contributed by atoms with van der Waals surface area (Å²) in [5, 5.41) is 13.5. The Bertz CT molecular complexity index is 1060. The van der Waals surface area contributed by atoms with E-state index in [0.29, 0.717) is 11.5 Å². The molecule has 0 spiro atoms. The molecule has 0 aliphatic rings. The van der Waals surface area contributed by atoms with E-state index in [0.717, 1.165) is 22.3 Å². The van der Waals surface area contributed by atoms with Crippen molar-refractivity contribution in [2.45, 2.75) is 0 Å². The van der Waals surface area contributed by atoms with Gasteiger partial charge in [-0.1, -0.05) is 41.6 Å². The van der Waals surface area contributed by atoms with Crippen LogP contribution in [0.15, 0.2) is 72.9 Å². The van der Waals surface area contributed by atoms with Crippen molar-refractivity contribution in [2.24, 2.45) is 0 Å². The Morgan fingerprint density at radius 2 is 1.58 bits per heavy atom. The van der Waals surface area contributed by atoms with Crippen LogP contribution in [0, 0.1) is 0 Å². The van der Waals surface area contributed by atoms with Gasteiger partial charge in [-0.05, 0) is 35.9 Å². The number of nitrogen functional groups attached to an aromatic ring is 1. The number of urea groups is 1. The normalized spacial score (nSPS) is 10.6. The number of nitrogens with one attached hydrogen (secondary N) is 2. The van der Waals surface area contributed by atoms with Crippen molar-refractivity contribution in [3.63, 3.8) is 0 Å². The van der Waals surface area contributed by atoms with E-state index in [2.05, 4.69) is 20.9 Å². The van der Waals surface area contributed by atoms with E-state index in [-0.39, 0.29) is 6.03 Å². The van der Waals surface area contributed by atoms with E-state index in [1.165, 1.54) is 0 Å². The molecule has 7 heteroatoms. The summed E-state index contributed by atoms with van der Waals surface area (Å²) in [6.45, 7) is 0. The molecule has 4 N–H and O–H groups in total. The summed E-state index contributed by atoms with van der Waals surface area (Å²) in [5.41, 5.74) is 9.99. The van der Waals surface area contributed by atoms with Gasteiger partial charge < -0.3 is 16.4 Å². The summed E-state index contributed by atoms with van der Waals surface area (Å²) in [6, 6.07) is 20.3. The third-order valence-electron chi connectivity index (χ3n) is 3.95. The maximum absolute atomic E-state index is 12.1. The predicted octanol–water partition coefficient (Wildman–Crippen LogP) is 3.62. The van der Waals surface area contributed by atoms with Crippen LogP contribution in [0.4, 0.5) is 22.0 Å². The molecule has 0 atom stereocenters. The molecule has 2 amide bonds. The zero-order valence-corrected chi connectivity index (χ0v) is 13.8. The molecule has 0 aliphatic heterocycles. The fourth-order valence-electron chi connectivity index (χ4n) is 2.75. The number of benzene rings is 2. The Kier molecular flexibility index (Phi) is 3.95. The summed E-state index contributed by atoms with van der Waals surface area (Å²) in [5.74, 6) is 0.380. The molecule has 128 valence electrons. The number of pyridine rings is 1. The van der Waals surface area contributed by atoms with E-state index >= 15 is 0 Å². The molecule has 2 aromatic heterocycles. The smallest absolute Gasteiger partial charge is 0.323 e. The highest BCUT2D eigenvalue weighted by Gasteiger charge is 2.10. The van der Waals surface area contributed by atoms with Crippen LogP contribution in [0.3, 0.4) is 0 Å². The van der Waals surface area contributed by atoms with Gasteiger partial charge in [0.05, 0.1) is 0 Å². The zero-order valence-electron chi connectivity index (χ0n) is 13.8. The highest BCUT2D eigenvalue weighted by molar-refractivity contribution is 6.00. The molecule has 0 unspecified atom stereocenters. The first-order valence-corrected chi connectivity index (χ1v) is 8.04. The van der Waals surface area contributed by atoms with Gasteiger partial charge in [-0.15, -0.1) is 5.10 Å². The highest BCUT2D eigenvalue weighted by atomic mass is 16.2. The van der Waals surface area contributed by atoms with Gasteiger partial charge >= 0.3 is 6.03 Å². The minimum Gasteiger partial charge on any atom is -0.380 e. The molecule has 2 heterocycles. The van der Waals surface area contributed by atoms with Crippen LogP contribution in [0.2, 0.25) is 0 Å². The number of carbonyl (C=O) groups is 1. The molecular formula is C19H16N6O. The van der Waals surface area contributed by atoms with Gasteiger partial charge in [0.2, 0.25) is 0 Å². The third kappa shape index (κ3) is 3.05. The number of amides is 2. The Morgan fingerprint density at radius 1 is 0.885 bits per heavy atom. The number of rotatable bonds is 3. The number of aromatic nitrogens is 3. The number of hydrogen-bond donors (Lipinski definition) is 3. The van der Waals surface area contributed by atoms with E-state index in [4.69, 9.17) is 5.73 Å². The molecule has 2 aromatic carbocycles. The number of carbonyl (C=O) groups excluding carboxylic acids is 1. The molecule has 0 fully saturated rings. The number of nitrogens with zero attached hydrogens (tertiary/aromatic N) is 3. The topological polar surface area (TPSA) is 97.3 Å². The van der Waals surface area contributed by atoms with Gasteiger partial charge in [-0.25, -0.2) is 9.31 Å². The Hall–Kier alpha value is -3.87. The second-order valence-electron chi connectivity index (χ2n) is 5.71. The second kappa shape index (κ2) is 6.56. The fourth-order valence-corrected chi connectivity index (χ4v) is 2.75. The highest BCUT2D eigenvalue weighted by Crippen LogP contribution is 2.28. The summed E-state index contributed by atoms with van der Waals surface area (Å²) in [7, 11) is 0. The van der Waals surface area contributed by atoms with Crippen molar-refractivity contribution < 1.29 is 4.79 Å². The largest absolute Gasteiger partial charge is 0.380 e. The molecular weight excluding hydrogens is 328 g/mol. The van der Waals surface area contributed by atoms with Crippen LogP contribution in [0.5, 0.6) is 0 Å². The molecule has 0 radical (unpaired) electrons. The first-order chi connectivity index (χ1) is 12.7. The third-order valence-corrected chi connectivity index (χ3v) is 3.95. The van der Waals surface area contributed by atoms with Crippen molar-refractivity contribution in [1.29, 1.82) is 0 Å². The van der Waals surface area contributed by atoms with Crippen LogP contribution in [-0.4, -0.2) is 20.9 Å². The van der Waals surface area contributed by atoms with Gasteiger partial charge in [0.25, 0.3) is 0 Å². The lowest BCUT2D eigenvalue weighted by molar-refractivity contribution is 0.262. The van der Waals surface area contributed by atoms with Gasteiger partial charge in [0, 0.05) is 23.1 Å². The first-order valence-electron chi connectivity index (χ1n) is 8.04. The number of para-hydroxylation sites is 1. The van der Waals surface area contributed by atoms with E-state index in [1.807, 2.05) is 66.7 Å². The van der Waals surface area contributed by atoms with E-state index in [9.17, 15) is 4.79 Å². The average molecular weight is 344 g/mol. The standard InChI is InChI=1S/C19H16N6O/c20-18-17-16(7-4-12-25(17)24-23-18)13-8-10-15(11-9-13)22-19(26)21-14-5-2-1-3-6-14/h1-12H,20H2,(H2,21,22,26). The summed E-state index contributed by atoms with van der Waals surface area (Å²) in [4.78, 5) is 12.1. The number of anilines is 3. The first kappa shape index (κ1) is 15.6. The molecule has 4 aromatic rings. The lowest BCUT2D eigenvalue weighted by Crippen LogP contribution is -2.19. The number of fused-ring (bicyclic) bond motifs is 1. The summed E-state index contributed by atoms with van der Waals surface area (Å²) < 4.78 is 1.64. The lowest BCUT2D eigenvalue weighted by Gasteiger charge is -2.09. The lowest BCUT2D eigenvalue weighted by atomic mass is 10.1. The predicted molar refractivity (Wildman–Crippen MR) is 102 cm³/mol. The molecule has 0 bridgehead atoms. The second-order valence-corrected chi connectivity index (χ2v) is 5.71. The molecule has 0 aliphatic carbocycles. The van der Waals surface area contributed by atoms with E-state index in [1.54, 1.807) is 10.7 Å². The number of hydrogen-bond acceptors (Lipinski definition) is 4. The van der Waals surface area contributed by atoms with Crippen LogP contribution in [-0.2, 0) is 0 Å². The Labute approximate surface area is 149 Å². The van der Waals surface area contributed by atoms with Crippen molar-refractivity contribution in [3.8, 4) is 11.1 Å². The van der Waals surface area contributed by atoms with Gasteiger partial charge in [-0.3, -0.25) is 0 Å². The van der Waals surface area contributed by atoms with Crippen molar-refractivity contribution in [2.75, 3.05) is 16.4 Å². The van der Waals surface area contributed by atoms with Crippen LogP contribution >= 0.6 is 0 Å². The van der Waals surface area contributed by atoms with E-state index < -0.39 is 0 Å². The maximum Gasteiger partial charge on any atom is 0.323 e. The average Bonchev–Trinajstić information content (AvgIpc) is 3.04. The summed E-state index contributed by atoms with van der Waals surface area (Å²) in [6.07, 6.45) is 1.80. The van der Waals surface area contributed by atoms with Gasteiger partial charge in [-0.2, -0.15) is 0 Å². The molecule has 0 saturated heterocycles. The quantitative estimate of drug-likeness (QED) is 0.529. The van der Waals surface area contributed by atoms with Crippen LogP contribution in [0.1, 0.15) is 0 Å². The molecule has 26 heavy (non-hydrogen) atoms. The zero-order chi connectivity index (χ0) is 17.9. The molecule has 7 nitrogen and oxygen atoms in total. The maximum atomic E-state index is 12.1. The van der Waals surface area contributed by atoms with Crippen LogP contribution < -0.4 is 16.4 Å². The Balaban J connectivity index is 1.53. The summed E-state index contributed by atoms with van der Waals surface area (Å²) >= 11 is 0. The minimum atomic E-state index is -0.296. The van der Waals surface area contributed by atoms with Crippen molar-refractivity contribution in [3.05, 3.63) is 72.9 Å². The minimum absolute atomic E-state index is 0.296. The fraction of sp³-hybridized carbons (Fsp3) is 0. The molecule has 4 rings (SSSR count).